The minimum atomic E-state index is 0.443. The van der Waals surface area contributed by atoms with Gasteiger partial charge in [0.05, 0.1) is 0 Å². The first-order valence-corrected chi connectivity index (χ1v) is 6.66. The summed E-state index contributed by atoms with van der Waals surface area (Å²) in [5.41, 5.74) is 0.443. The summed E-state index contributed by atoms with van der Waals surface area (Å²) in [6.45, 7) is 5.76. The van der Waals surface area contributed by atoms with Gasteiger partial charge in [0.15, 0.2) is 0 Å². The molecule has 0 bridgehead atoms. The predicted octanol–water partition coefficient (Wildman–Crippen LogP) is 1.92. The number of aromatic nitrogens is 3. The van der Waals surface area contributed by atoms with Crippen LogP contribution in [-0.4, -0.2) is 27.4 Å². The lowest BCUT2D eigenvalue weighted by Gasteiger charge is -2.39. The first-order chi connectivity index (χ1) is 8.09. The Morgan fingerprint density at radius 1 is 1.47 bits per heavy atom. The van der Waals surface area contributed by atoms with E-state index in [4.69, 9.17) is 0 Å². The molecule has 17 heavy (non-hydrogen) atoms. The van der Waals surface area contributed by atoms with E-state index in [9.17, 15) is 0 Å². The van der Waals surface area contributed by atoms with E-state index in [1.54, 1.807) is 6.33 Å². The highest BCUT2D eigenvalue weighted by atomic mass is 15.2. The highest BCUT2D eigenvalue weighted by molar-refractivity contribution is 4.90. The van der Waals surface area contributed by atoms with Crippen LogP contribution in [0.25, 0.3) is 0 Å². The van der Waals surface area contributed by atoms with Crippen molar-refractivity contribution in [3.05, 3.63) is 12.2 Å². The Morgan fingerprint density at radius 3 is 2.94 bits per heavy atom. The third kappa shape index (κ3) is 3.06. The predicted molar refractivity (Wildman–Crippen MR) is 68.7 cm³/mol. The Kier molecular flexibility index (Phi) is 3.82. The van der Waals surface area contributed by atoms with E-state index < -0.39 is 0 Å². The van der Waals surface area contributed by atoms with Crippen LogP contribution in [0, 0.1) is 5.41 Å². The molecule has 96 valence electrons. The van der Waals surface area contributed by atoms with Crippen LogP contribution in [0.3, 0.4) is 0 Å². The summed E-state index contributed by atoms with van der Waals surface area (Å²) in [7, 11) is 2.00. The van der Waals surface area contributed by atoms with Crippen molar-refractivity contribution in [3.63, 3.8) is 0 Å². The van der Waals surface area contributed by atoms with Gasteiger partial charge in [0, 0.05) is 26.1 Å². The lowest BCUT2D eigenvalue weighted by atomic mass is 9.73. The molecule has 1 atom stereocenters. The monoisotopic (exact) mass is 236 g/mol. The van der Waals surface area contributed by atoms with Crippen molar-refractivity contribution in [2.24, 2.45) is 12.5 Å². The second-order valence-electron chi connectivity index (χ2n) is 5.85. The van der Waals surface area contributed by atoms with E-state index in [0.29, 0.717) is 11.5 Å². The average molecular weight is 236 g/mol. The molecule has 0 aliphatic heterocycles. The molecular weight excluding hydrogens is 212 g/mol. The number of nitrogens with one attached hydrogen (secondary N) is 1. The zero-order chi connectivity index (χ0) is 12.3. The van der Waals surface area contributed by atoms with Gasteiger partial charge in [-0.05, 0) is 18.3 Å². The quantitative estimate of drug-likeness (QED) is 0.868. The highest BCUT2D eigenvalue weighted by Gasteiger charge is 2.31. The van der Waals surface area contributed by atoms with Gasteiger partial charge in [-0.1, -0.05) is 26.7 Å². The molecule has 0 radical (unpaired) electrons. The first-order valence-electron chi connectivity index (χ1n) is 6.66. The van der Waals surface area contributed by atoms with Crippen LogP contribution >= 0.6 is 0 Å². The molecule has 1 fully saturated rings. The fourth-order valence-electron chi connectivity index (χ4n) is 2.76. The fourth-order valence-corrected chi connectivity index (χ4v) is 2.76. The maximum Gasteiger partial charge on any atom is 0.133 e. The van der Waals surface area contributed by atoms with Crippen molar-refractivity contribution < 1.29 is 0 Å². The number of nitrogens with zero attached hydrogens (tertiary/aromatic N) is 3. The lowest BCUT2D eigenvalue weighted by Crippen LogP contribution is -2.44. The van der Waals surface area contributed by atoms with Crippen molar-refractivity contribution >= 4 is 0 Å². The van der Waals surface area contributed by atoms with E-state index in [-0.39, 0.29) is 0 Å². The molecule has 4 nitrogen and oxygen atoms in total. The molecule has 0 saturated heterocycles. The number of rotatable bonds is 4. The van der Waals surface area contributed by atoms with Crippen LogP contribution in [-0.2, 0) is 13.5 Å². The molecule has 1 aliphatic carbocycles. The van der Waals surface area contributed by atoms with E-state index in [0.717, 1.165) is 18.8 Å². The second kappa shape index (κ2) is 5.17. The van der Waals surface area contributed by atoms with Crippen LogP contribution in [0.4, 0.5) is 0 Å². The van der Waals surface area contributed by atoms with Gasteiger partial charge in [-0.2, -0.15) is 0 Å². The van der Waals surface area contributed by atoms with Gasteiger partial charge in [0.2, 0.25) is 0 Å². The second-order valence-corrected chi connectivity index (χ2v) is 5.85. The Bertz CT molecular complexity index is 356. The molecule has 1 unspecified atom stereocenters. The summed E-state index contributed by atoms with van der Waals surface area (Å²) >= 11 is 0. The zero-order valence-electron chi connectivity index (χ0n) is 11.2. The minimum Gasteiger partial charge on any atom is -0.321 e. The molecule has 1 aromatic rings. The van der Waals surface area contributed by atoms with Crippen molar-refractivity contribution in [1.82, 2.24) is 20.1 Å². The van der Waals surface area contributed by atoms with E-state index in [1.165, 1.54) is 25.7 Å². The lowest BCUT2D eigenvalue weighted by molar-refractivity contribution is 0.168. The van der Waals surface area contributed by atoms with Gasteiger partial charge in [0.25, 0.3) is 0 Å². The SMILES string of the molecule is Cn1cnnc1CCNC1CCCCC1(C)C. The summed E-state index contributed by atoms with van der Waals surface area (Å²) < 4.78 is 1.99. The number of hydrogen-bond donors (Lipinski definition) is 1. The van der Waals surface area contributed by atoms with Crippen LogP contribution in [0.1, 0.15) is 45.4 Å². The molecule has 1 aromatic heterocycles. The van der Waals surface area contributed by atoms with Crippen molar-refractivity contribution in [2.75, 3.05) is 6.54 Å². The summed E-state index contributed by atoms with van der Waals surface area (Å²) in [6.07, 6.45) is 8.13. The van der Waals surface area contributed by atoms with Crippen LogP contribution in [0.15, 0.2) is 6.33 Å². The molecule has 1 saturated carbocycles. The Hall–Kier alpha value is -0.900. The summed E-state index contributed by atoms with van der Waals surface area (Å²) in [6, 6.07) is 0.657. The minimum absolute atomic E-state index is 0.443. The number of hydrogen-bond acceptors (Lipinski definition) is 3. The third-order valence-electron chi connectivity index (χ3n) is 4.05. The molecule has 4 heteroatoms. The zero-order valence-corrected chi connectivity index (χ0v) is 11.2. The summed E-state index contributed by atoms with van der Waals surface area (Å²) in [5.74, 6) is 1.06. The maximum atomic E-state index is 4.11. The molecule has 1 heterocycles. The highest BCUT2D eigenvalue weighted by Crippen LogP contribution is 2.35. The molecular formula is C13H24N4. The average Bonchev–Trinajstić information content (AvgIpc) is 2.67. The largest absolute Gasteiger partial charge is 0.321 e. The molecule has 0 aromatic carbocycles. The fraction of sp³-hybridized carbons (Fsp3) is 0.846. The normalized spacial score (nSPS) is 23.8. The van der Waals surface area contributed by atoms with Crippen molar-refractivity contribution in [2.45, 2.75) is 52.0 Å². The molecule has 0 amide bonds. The summed E-state index contributed by atoms with van der Waals surface area (Å²) in [5, 5.41) is 11.7. The van der Waals surface area contributed by atoms with E-state index in [2.05, 4.69) is 29.4 Å². The Morgan fingerprint density at radius 2 is 2.29 bits per heavy atom. The van der Waals surface area contributed by atoms with E-state index >= 15 is 0 Å². The van der Waals surface area contributed by atoms with Gasteiger partial charge < -0.3 is 9.88 Å². The smallest absolute Gasteiger partial charge is 0.133 e. The van der Waals surface area contributed by atoms with Gasteiger partial charge >= 0.3 is 0 Å². The maximum absolute atomic E-state index is 4.11. The van der Waals surface area contributed by atoms with Gasteiger partial charge in [-0.3, -0.25) is 0 Å². The Labute approximate surface area is 104 Å². The first kappa shape index (κ1) is 12.6. The van der Waals surface area contributed by atoms with Gasteiger partial charge in [-0.15, -0.1) is 10.2 Å². The van der Waals surface area contributed by atoms with Crippen molar-refractivity contribution in [1.29, 1.82) is 0 Å². The molecule has 2 rings (SSSR count). The topological polar surface area (TPSA) is 42.7 Å². The van der Waals surface area contributed by atoms with Gasteiger partial charge in [0.1, 0.15) is 12.2 Å². The van der Waals surface area contributed by atoms with Crippen LogP contribution < -0.4 is 5.32 Å². The van der Waals surface area contributed by atoms with Gasteiger partial charge in [-0.25, -0.2) is 0 Å². The van der Waals surface area contributed by atoms with Crippen molar-refractivity contribution in [3.8, 4) is 0 Å². The molecule has 0 spiro atoms. The number of aryl methyl sites for hydroxylation is 1. The standard InChI is InChI=1S/C13H24N4/c1-13(2)8-5-4-6-11(13)14-9-7-12-16-15-10-17(12)3/h10-11,14H,4-9H2,1-3H3. The molecule has 1 N–H and O–H groups in total. The molecule has 1 aliphatic rings. The van der Waals surface area contributed by atoms with Crippen LogP contribution in [0.5, 0.6) is 0 Å². The van der Waals surface area contributed by atoms with E-state index in [1.807, 2.05) is 11.6 Å². The Balaban J connectivity index is 1.80. The third-order valence-corrected chi connectivity index (χ3v) is 4.05. The van der Waals surface area contributed by atoms with Crippen LogP contribution in [0.2, 0.25) is 0 Å². The summed E-state index contributed by atoms with van der Waals surface area (Å²) in [4.78, 5) is 0.